The molecule has 4 aliphatic heterocycles. The Labute approximate surface area is 454 Å². The van der Waals surface area contributed by atoms with Crippen LogP contribution in [-0.4, -0.2) is 120 Å². The topological polar surface area (TPSA) is 150 Å². The van der Waals surface area contributed by atoms with Crippen molar-refractivity contribution >= 4 is 73.8 Å². The number of methoxy groups -OCH3 is 3. The number of benzene rings is 5. The number of ether oxygens (including phenoxy) is 7. The van der Waals surface area contributed by atoms with Crippen LogP contribution in [0.2, 0.25) is 0 Å². The number of para-hydroxylation sites is 2. The molecule has 4 heterocycles. The van der Waals surface area contributed by atoms with E-state index in [1.165, 1.54) is 0 Å². The lowest BCUT2D eigenvalue weighted by atomic mass is 10.1. The second-order valence-electron chi connectivity index (χ2n) is 19.9. The van der Waals surface area contributed by atoms with Crippen molar-refractivity contribution in [1.29, 1.82) is 0 Å². The molecule has 0 spiro atoms. The first-order valence-electron chi connectivity index (χ1n) is 26.1. The van der Waals surface area contributed by atoms with E-state index >= 15 is 0 Å². The molecular formula is C59H69N5O10S2. The number of carbonyl (C=O) groups excluding carboxylic acids is 3. The fourth-order valence-corrected chi connectivity index (χ4v) is 12.7. The number of nitrogens with zero attached hydrogens (tertiary/aromatic N) is 4. The average Bonchev–Trinajstić information content (AvgIpc) is 3.93. The maximum absolute atomic E-state index is 14.3. The molecule has 9 rings (SSSR count). The Balaban J connectivity index is 0.999. The van der Waals surface area contributed by atoms with Gasteiger partial charge in [0.15, 0.2) is 23.0 Å². The van der Waals surface area contributed by atoms with Gasteiger partial charge in [-0.1, -0.05) is 64.9 Å². The van der Waals surface area contributed by atoms with Crippen molar-refractivity contribution in [3.8, 4) is 23.0 Å². The third-order valence-electron chi connectivity index (χ3n) is 13.9. The number of amides is 2. The van der Waals surface area contributed by atoms with E-state index in [2.05, 4.69) is 54.4 Å². The highest BCUT2D eigenvalue weighted by Gasteiger charge is 2.39. The molecular weight excluding hydrogens is 1000 g/mol. The lowest BCUT2D eigenvalue weighted by Gasteiger charge is -2.34. The monoisotopic (exact) mass is 1070 g/mol. The van der Waals surface area contributed by atoms with Gasteiger partial charge >= 0.3 is 0 Å². The summed E-state index contributed by atoms with van der Waals surface area (Å²) in [5.41, 5.74) is 8.94. The molecule has 0 aliphatic carbocycles. The van der Waals surface area contributed by atoms with E-state index in [1.54, 1.807) is 50.3 Å². The van der Waals surface area contributed by atoms with Crippen LogP contribution >= 0.6 is 21.6 Å². The standard InChI is InChI=1S/C59H69N5O10S2/c1-7-46(65)15-12-24-75-76-59(2,3)38-62(18-19-71-22-23-72-21-20-68-4)43-26-39(36-73-55-32-49-47(30-53(55)69-5)57(66)63-44(34-60-49)28-41-13-8-10-16-51(41)63)25-40(27-43)37-74-56-33-50-48(31-54(56)70-6)58(67)64-45(35-61-50)29-42-14-9-11-17-52(42)64/h8-11,13-14,16-17,25-27,30-34,44-45,61H,7,12,15,18-24,28-29,35-38H2,1-6H3/t44-,45-/m0/s1. The van der Waals surface area contributed by atoms with Gasteiger partial charge in [-0.3, -0.25) is 24.3 Å². The van der Waals surface area contributed by atoms with Crippen LogP contribution < -0.4 is 39.0 Å². The highest BCUT2D eigenvalue weighted by Crippen LogP contribution is 2.44. The Morgan fingerprint density at radius 3 is 2.08 bits per heavy atom. The van der Waals surface area contributed by atoms with Crippen molar-refractivity contribution in [3.63, 3.8) is 0 Å². The van der Waals surface area contributed by atoms with Gasteiger partial charge in [-0.2, -0.15) is 0 Å². The Morgan fingerprint density at radius 1 is 0.750 bits per heavy atom. The summed E-state index contributed by atoms with van der Waals surface area (Å²) in [5, 5.41) is 3.55. The van der Waals surface area contributed by atoms with Crippen molar-refractivity contribution in [2.75, 3.05) is 99.8 Å². The number of aliphatic imine (C=N–C) groups is 1. The maximum atomic E-state index is 14.3. The fraction of sp³-hybridized carbons (Fsp3) is 0.424. The third kappa shape index (κ3) is 12.8. The molecule has 2 atom stereocenters. The maximum Gasteiger partial charge on any atom is 0.261 e. The molecule has 5 aromatic carbocycles. The first-order valence-corrected chi connectivity index (χ1v) is 28.4. The van der Waals surface area contributed by atoms with E-state index < -0.39 is 0 Å². The highest BCUT2D eigenvalue weighted by atomic mass is 33.1. The zero-order valence-corrected chi connectivity index (χ0v) is 46.0. The number of hydrogen-bond acceptors (Lipinski definition) is 15. The summed E-state index contributed by atoms with van der Waals surface area (Å²) < 4.78 is 41.9. The largest absolute Gasteiger partial charge is 0.493 e. The number of ketones is 1. The van der Waals surface area contributed by atoms with Crippen LogP contribution in [-0.2, 0) is 45.1 Å². The van der Waals surface area contributed by atoms with Gasteiger partial charge in [0, 0.05) is 91.9 Å². The number of nitrogens with one attached hydrogen (secondary N) is 1. The quantitative estimate of drug-likeness (QED) is 0.0392. The van der Waals surface area contributed by atoms with Crippen LogP contribution in [0.1, 0.15) is 83.0 Å². The number of hydrogen-bond donors (Lipinski definition) is 1. The van der Waals surface area contributed by atoms with Crippen LogP contribution in [0.25, 0.3) is 0 Å². The zero-order chi connectivity index (χ0) is 53.2. The smallest absolute Gasteiger partial charge is 0.261 e. The van der Waals surface area contributed by atoms with Crippen molar-refractivity contribution in [2.45, 2.75) is 82.9 Å². The second kappa shape index (κ2) is 25.3. The molecule has 0 aromatic heterocycles. The summed E-state index contributed by atoms with van der Waals surface area (Å²) in [7, 11) is 8.42. The molecule has 1 N–H and O–H groups in total. The van der Waals surface area contributed by atoms with Gasteiger partial charge < -0.3 is 48.3 Å². The summed E-state index contributed by atoms with van der Waals surface area (Å²) in [4.78, 5) is 51.4. The molecule has 15 nitrogen and oxygen atoms in total. The molecule has 402 valence electrons. The highest BCUT2D eigenvalue weighted by molar-refractivity contribution is 8.77. The minimum atomic E-state index is -0.215. The van der Waals surface area contributed by atoms with E-state index in [0.717, 1.165) is 57.9 Å². The van der Waals surface area contributed by atoms with Crippen molar-refractivity contribution < 1.29 is 47.5 Å². The van der Waals surface area contributed by atoms with Crippen LogP contribution in [0.15, 0.2) is 96.0 Å². The third-order valence-corrected chi connectivity index (χ3v) is 17.3. The Bertz CT molecular complexity index is 2920. The van der Waals surface area contributed by atoms with Crippen LogP contribution in [0.3, 0.4) is 0 Å². The number of carbonyl (C=O) groups is 3. The number of fused-ring (bicyclic) bond motifs is 8. The van der Waals surface area contributed by atoms with Gasteiger partial charge in [0.25, 0.3) is 11.8 Å². The summed E-state index contributed by atoms with van der Waals surface area (Å²) in [5.74, 6) is 2.75. The SMILES string of the molecule is CCC(=O)CCCSSC(C)(C)CN(CCOCCOCCOC)c1cc(COc2cc3c(cc2OC)C(=O)N2c4ccccc4C[C@H]2C=N3)cc(COc2cc3c(cc2OC)C(=O)N2c4ccccc4C[C@H]2CN3)c1. The second-order valence-corrected chi connectivity index (χ2v) is 23.0. The van der Waals surface area contributed by atoms with E-state index in [1.807, 2.05) is 76.2 Å². The van der Waals surface area contributed by atoms with Gasteiger partial charge in [0.2, 0.25) is 0 Å². The van der Waals surface area contributed by atoms with Gasteiger partial charge in [0.05, 0.1) is 81.8 Å². The van der Waals surface area contributed by atoms with Gasteiger partial charge in [-0.25, -0.2) is 0 Å². The van der Waals surface area contributed by atoms with Gasteiger partial charge in [-0.05, 0) is 91.4 Å². The molecule has 5 aromatic rings. The lowest BCUT2D eigenvalue weighted by molar-refractivity contribution is -0.118. The van der Waals surface area contributed by atoms with Crippen LogP contribution in [0, 0.1) is 0 Å². The molecule has 2 amide bonds. The van der Waals surface area contributed by atoms with E-state index in [9.17, 15) is 14.4 Å². The minimum absolute atomic E-state index is 0.0195. The van der Waals surface area contributed by atoms with E-state index in [-0.39, 0.29) is 41.9 Å². The average molecular weight is 1070 g/mol. The summed E-state index contributed by atoms with van der Waals surface area (Å²) in [6, 6.07) is 29.3. The van der Waals surface area contributed by atoms with Crippen molar-refractivity contribution in [2.24, 2.45) is 4.99 Å². The lowest BCUT2D eigenvalue weighted by Crippen LogP contribution is -2.39. The predicted molar refractivity (Wildman–Crippen MR) is 304 cm³/mol. The van der Waals surface area contributed by atoms with Gasteiger partial charge in [0.1, 0.15) is 19.0 Å². The zero-order valence-electron chi connectivity index (χ0n) is 44.4. The van der Waals surface area contributed by atoms with E-state index in [4.69, 9.17) is 38.2 Å². The van der Waals surface area contributed by atoms with Gasteiger partial charge in [-0.15, -0.1) is 0 Å². The first kappa shape index (κ1) is 54.5. The molecule has 0 radical (unpaired) electrons. The number of rotatable bonds is 27. The van der Waals surface area contributed by atoms with E-state index in [0.29, 0.717) is 123 Å². The Morgan fingerprint density at radius 2 is 1.38 bits per heavy atom. The van der Waals surface area contributed by atoms with Crippen LogP contribution in [0.5, 0.6) is 23.0 Å². The summed E-state index contributed by atoms with van der Waals surface area (Å²) in [6.45, 7) is 10.9. The molecule has 0 fully saturated rings. The fourth-order valence-electron chi connectivity index (χ4n) is 10.1. The molecule has 0 bridgehead atoms. The van der Waals surface area contributed by atoms with Crippen molar-refractivity contribution in [1.82, 2.24) is 0 Å². The molecule has 0 saturated heterocycles. The number of Topliss-reactive ketones (excluding diaryl/α,β-unsaturated/α-hetero) is 1. The molecule has 17 heteroatoms. The Hall–Kier alpha value is -6.24. The number of anilines is 4. The minimum Gasteiger partial charge on any atom is -0.493 e. The molecule has 0 unspecified atom stereocenters. The summed E-state index contributed by atoms with van der Waals surface area (Å²) >= 11 is 0. The molecule has 76 heavy (non-hydrogen) atoms. The first-order chi connectivity index (χ1) is 37.0. The predicted octanol–water partition coefficient (Wildman–Crippen LogP) is 10.6. The van der Waals surface area contributed by atoms with Crippen molar-refractivity contribution in [3.05, 3.63) is 124 Å². The normalized spacial score (nSPS) is 16.1. The molecule has 0 saturated carbocycles. The molecule has 4 aliphatic rings. The Kier molecular flexibility index (Phi) is 18.1. The summed E-state index contributed by atoms with van der Waals surface area (Å²) in [6.07, 6.45) is 5.32. The van der Waals surface area contributed by atoms with Crippen LogP contribution in [0.4, 0.5) is 28.4 Å².